The lowest BCUT2D eigenvalue weighted by Crippen LogP contribution is -2.12. The standard InChI is InChI=1S/C15H12BINO5P/c16-24(17)14-7-5-13(6-8-14)22-9-10-23-15(19)11-1-3-12(4-2-11)18(20)21/h1-8H,9-10H2. The van der Waals surface area contributed by atoms with Crippen molar-refractivity contribution in [1.82, 2.24) is 0 Å². The minimum absolute atomic E-state index is 0.0768. The number of esters is 1. The van der Waals surface area contributed by atoms with E-state index in [1.807, 2.05) is 24.3 Å². The zero-order valence-corrected chi connectivity index (χ0v) is 15.5. The zero-order valence-electron chi connectivity index (χ0n) is 12.4. The van der Waals surface area contributed by atoms with Crippen molar-refractivity contribution in [3.05, 3.63) is 64.2 Å². The Hall–Kier alpha value is -1.67. The van der Waals surface area contributed by atoms with Crippen LogP contribution in [-0.2, 0) is 4.74 Å². The molecule has 2 radical (unpaired) electrons. The number of hydrogen-bond donors (Lipinski definition) is 0. The number of nitro benzene ring substituents is 1. The van der Waals surface area contributed by atoms with Gasteiger partial charge in [-0.2, -0.15) is 0 Å². The van der Waals surface area contributed by atoms with Gasteiger partial charge in [0.05, 0.1) is 10.5 Å². The lowest BCUT2D eigenvalue weighted by atomic mass is 10.2. The van der Waals surface area contributed by atoms with Crippen LogP contribution in [0.1, 0.15) is 10.4 Å². The molecule has 0 aromatic heterocycles. The number of benzene rings is 2. The Morgan fingerprint density at radius 1 is 1.12 bits per heavy atom. The van der Waals surface area contributed by atoms with Gasteiger partial charge in [-0.1, -0.05) is 39.6 Å². The lowest BCUT2D eigenvalue weighted by Gasteiger charge is -2.09. The molecule has 0 saturated carbocycles. The number of nitrogens with zero attached hydrogens (tertiary/aromatic N) is 1. The van der Waals surface area contributed by atoms with Crippen LogP contribution in [-0.4, -0.2) is 31.7 Å². The molecule has 2 aromatic carbocycles. The molecule has 0 saturated heterocycles. The van der Waals surface area contributed by atoms with E-state index in [2.05, 4.69) is 22.0 Å². The summed E-state index contributed by atoms with van der Waals surface area (Å²) in [6.07, 6.45) is 0. The normalized spacial score (nSPS) is 11.5. The highest BCUT2D eigenvalue weighted by Crippen LogP contribution is 2.37. The van der Waals surface area contributed by atoms with E-state index in [0.717, 1.165) is 5.30 Å². The highest BCUT2D eigenvalue weighted by atomic mass is 127. The molecule has 6 nitrogen and oxygen atoms in total. The van der Waals surface area contributed by atoms with Gasteiger partial charge in [0.15, 0.2) is 0 Å². The van der Waals surface area contributed by atoms with Crippen LogP contribution in [0.4, 0.5) is 5.69 Å². The number of hydrogen-bond acceptors (Lipinski definition) is 5. The summed E-state index contributed by atoms with van der Waals surface area (Å²) in [4.78, 5) is 21.8. The molecule has 0 fully saturated rings. The average Bonchev–Trinajstić information content (AvgIpc) is 2.59. The zero-order chi connectivity index (χ0) is 17.5. The van der Waals surface area contributed by atoms with Gasteiger partial charge in [-0.15, -0.1) is 0 Å². The monoisotopic (exact) mass is 455 g/mol. The molecule has 0 heterocycles. The molecule has 0 bridgehead atoms. The van der Waals surface area contributed by atoms with Gasteiger partial charge in [-0.25, -0.2) is 4.79 Å². The molecule has 24 heavy (non-hydrogen) atoms. The first-order chi connectivity index (χ1) is 11.5. The minimum atomic E-state index is -0.662. The maximum Gasteiger partial charge on any atom is 0.338 e. The fourth-order valence-corrected chi connectivity index (χ4v) is 3.18. The van der Waals surface area contributed by atoms with Gasteiger partial charge >= 0.3 is 5.97 Å². The van der Waals surface area contributed by atoms with Gasteiger partial charge < -0.3 is 9.47 Å². The van der Waals surface area contributed by atoms with E-state index in [1.165, 1.54) is 24.3 Å². The van der Waals surface area contributed by atoms with E-state index in [0.29, 0.717) is 5.75 Å². The topological polar surface area (TPSA) is 78.7 Å². The molecule has 0 aliphatic carbocycles. The van der Waals surface area contributed by atoms with Crippen LogP contribution in [0.2, 0.25) is 0 Å². The lowest BCUT2D eigenvalue weighted by molar-refractivity contribution is -0.384. The summed E-state index contributed by atoms with van der Waals surface area (Å²) in [7, 11) is 5.82. The summed E-state index contributed by atoms with van der Waals surface area (Å²) in [6, 6.07) is 12.7. The Balaban J connectivity index is 1.77. The van der Waals surface area contributed by atoms with Crippen LogP contribution in [0, 0.1) is 10.1 Å². The largest absolute Gasteiger partial charge is 0.490 e. The van der Waals surface area contributed by atoms with Crippen molar-refractivity contribution in [2.24, 2.45) is 0 Å². The molecule has 1 unspecified atom stereocenters. The fourth-order valence-electron chi connectivity index (χ4n) is 1.78. The third-order valence-corrected chi connectivity index (χ3v) is 5.45. The summed E-state index contributed by atoms with van der Waals surface area (Å²) in [6.45, 7) is 0.285. The van der Waals surface area contributed by atoms with Crippen molar-refractivity contribution in [2.45, 2.75) is 0 Å². The van der Waals surface area contributed by atoms with Crippen LogP contribution in [0.15, 0.2) is 48.5 Å². The molecular weight excluding hydrogens is 443 g/mol. The summed E-state index contributed by atoms with van der Waals surface area (Å²) < 4.78 is 10.5. The maximum absolute atomic E-state index is 11.8. The molecule has 0 N–H and O–H groups in total. The molecule has 1 atom stereocenters. The second-order valence-corrected chi connectivity index (χ2v) is 8.85. The van der Waals surface area contributed by atoms with Crippen molar-refractivity contribution < 1.29 is 19.2 Å². The first-order valence-electron chi connectivity index (χ1n) is 6.82. The highest BCUT2D eigenvalue weighted by Gasteiger charge is 2.10. The molecule has 0 spiro atoms. The fraction of sp³-hybridized carbons (Fsp3) is 0.133. The van der Waals surface area contributed by atoms with E-state index in [4.69, 9.17) is 17.0 Å². The van der Waals surface area contributed by atoms with Crippen LogP contribution >= 0.6 is 27.5 Å². The first kappa shape index (κ1) is 18.7. The minimum Gasteiger partial charge on any atom is -0.490 e. The third-order valence-electron chi connectivity index (χ3n) is 2.98. The Kier molecular flexibility index (Phi) is 6.99. The van der Waals surface area contributed by atoms with E-state index in [9.17, 15) is 14.9 Å². The van der Waals surface area contributed by atoms with Gasteiger partial charge in [-0.05, 0) is 29.6 Å². The quantitative estimate of drug-likeness (QED) is 0.122. The summed E-state index contributed by atoms with van der Waals surface area (Å²) in [5, 5.41) is 11.6. The number of non-ortho nitro benzene ring substituents is 1. The number of carbonyl (C=O) groups excluding carboxylic acids is 1. The van der Waals surface area contributed by atoms with Gasteiger partial charge in [-0.3, -0.25) is 10.1 Å². The van der Waals surface area contributed by atoms with Gasteiger partial charge in [0.25, 0.3) is 5.69 Å². The summed E-state index contributed by atoms with van der Waals surface area (Å²) in [5.74, 6) is 0.112. The molecular formula is C15H12BINO5P. The van der Waals surface area contributed by atoms with Gasteiger partial charge in [0, 0.05) is 12.1 Å². The Bertz CT molecular complexity index is 709. The Morgan fingerprint density at radius 3 is 2.29 bits per heavy atom. The Morgan fingerprint density at radius 2 is 1.75 bits per heavy atom. The first-order valence-corrected chi connectivity index (χ1v) is 11.0. The number of carbonyl (C=O) groups is 1. The van der Waals surface area contributed by atoms with Crippen LogP contribution < -0.4 is 10.0 Å². The van der Waals surface area contributed by atoms with Crippen molar-refractivity contribution in [3.63, 3.8) is 0 Å². The van der Waals surface area contributed by atoms with E-state index < -0.39 is 16.3 Å². The molecule has 0 aliphatic rings. The number of nitro groups is 1. The molecule has 9 heteroatoms. The Labute approximate surface area is 154 Å². The number of halogens is 1. The van der Waals surface area contributed by atoms with Gasteiger partial charge in [0.2, 0.25) is 0 Å². The number of ether oxygens (including phenoxy) is 2. The molecule has 0 amide bonds. The SMILES string of the molecule is [B]P(I)c1ccc(OCCOC(=O)c2ccc([N+](=O)[O-])cc2)cc1. The predicted molar refractivity (Wildman–Crippen MR) is 102 cm³/mol. The second-order valence-electron chi connectivity index (χ2n) is 4.59. The highest BCUT2D eigenvalue weighted by molar-refractivity contribution is 14.2. The smallest absolute Gasteiger partial charge is 0.338 e. The second kappa shape index (κ2) is 8.99. The van der Waals surface area contributed by atoms with E-state index in [-0.39, 0.29) is 24.5 Å². The summed E-state index contributed by atoms with van der Waals surface area (Å²) in [5.41, 5.74) is -0.487. The molecule has 122 valence electrons. The predicted octanol–water partition coefficient (Wildman–Crippen LogP) is 3.37. The maximum atomic E-state index is 11.8. The van der Waals surface area contributed by atoms with Crippen LogP contribution in [0.5, 0.6) is 5.75 Å². The molecule has 2 aromatic rings. The summed E-state index contributed by atoms with van der Waals surface area (Å²) >= 11 is 2.18. The average molecular weight is 455 g/mol. The third kappa shape index (κ3) is 5.45. The molecule has 2 rings (SSSR count). The van der Waals surface area contributed by atoms with Gasteiger partial charge in [0.1, 0.15) is 26.5 Å². The van der Waals surface area contributed by atoms with Crippen molar-refractivity contribution >= 4 is 52.0 Å². The number of rotatable bonds is 7. The van der Waals surface area contributed by atoms with E-state index in [1.54, 1.807) is 0 Å². The molecule has 0 aliphatic heterocycles. The van der Waals surface area contributed by atoms with Crippen molar-refractivity contribution in [2.75, 3.05) is 13.2 Å². The van der Waals surface area contributed by atoms with Crippen molar-refractivity contribution in [3.8, 4) is 5.75 Å². The van der Waals surface area contributed by atoms with E-state index >= 15 is 0 Å². The van der Waals surface area contributed by atoms with Crippen molar-refractivity contribution in [1.29, 1.82) is 0 Å². The van der Waals surface area contributed by atoms with Crippen LogP contribution in [0.3, 0.4) is 0 Å². The van der Waals surface area contributed by atoms with Crippen LogP contribution in [0.25, 0.3) is 0 Å².